The lowest BCUT2D eigenvalue weighted by atomic mass is 9.75. The second kappa shape index (κ2) is 22.6. The summed E-state index contributed by atoms with van der Waals surface area (Å²) in [6.45, 7) is 9.36. The van der Waals surface area contributed by atoms with E-state index in [2.05, 4.69) is 27.7 Å². The monoisotopic (exact) mass is 413 g/mol. The summed E-state index contributed by atoms with van der Waals surface area (Å²) in [6, 6.07) is 0. The van der Waals surface area contributed by atoms with Gasteiger partial charge in [0, 0.05) is 5.54 Å². The third kappa shape index (κ3) is 18.4. The van der Waals surface area contributed by atoms with E-state index >= 15 is 0 Å². The molecule has 2 heteroatoms. The summed E-state index contributed by atoms with van der Waals surface area (Å²) in [5.41, 5.74) is 7.18. The Balaban J connectivity index is 0. The lowest BCUT2D eigenvalue weighted by Crippen LogP contribution is -2.46. The molecule has 0 saturated carbocycles. The lowest BCUT2D eigenvalue weighted by Gasteiger charge is -2.36. The average Bonchev–Trinajstić information content (AvgIpc) is 2.69. The molecule has 0 aromatic carbocycles. The summed E-state index contributed by atoms with van der Waals surface area (Å²) in [7, 11) is 0. The van der Waals surface area contributed by atoms with Gasteiger partial charge in [0.15, 0.2) is 0 Å². The molecule has 0 radical (unpaired) electrons. The second-order valence-corrected chi connectivity index (χ2v) is 9.73. The molecule has 0 aliphatic carbocycles. The highest BCUT2D eigenvalue weighted by molar-refractivity contribution is 4.89. The Kier molecular flexibility index (Phi) is 24.2. The number of hydrogen-bond acceptors (Lipinski definition) is 1. The topological polar surface area (TPSA) is 57.5 Å². The minimum Gasteiger partial charge on any atom is -0.412 e. The smallest absolute Gasteiger partial charge is 0.0180 e. The quantitative estimate of drug-likeness (QED) is 0.177. The summed E-state index contributed by atoms with van der Waals surface area (Å²) in [5.74, 6) is 0.685. The van der Waals surface area contributed by atoms with E-state index in [4.69, 9.17) is 5.73 Å². The Hall–Kier alpha value is -0.0800. The molecule has 0 heterocycles. The maximum atomic E-state index is 7.09. The summed E-state index contributed by atoms with van der Waals surface area (Å²) < 4.78 is 0. The van der Waals surface area contributed by atoms with E-state index in [1.54, 1.807) is 0 Å². The molecule has 0 aliphatic heterocycles. The normalized spacial score (nSPS) is 12.7. The van der Waals surface area contributed by atoms with Crippen molar-refractivity contribution in [3.63, 3.8) is 0 Å². The van der Waals surface area contributed by atoms with E-state index in [0.717, 1.165) is 0 Å². The molecule has 4 N–H and O–H groups in total. The van der Waals surface area contributed by atoms with Gasteiger partial charge in [-0.05, 0) is 25.2 Å². The minimum absolute atomic E-state index is 0. The number of rotatable bonds is 22. The van der Waals surface area contributed by atoms with E-state index in [0.29, 0.717) is 5.92 Å². The standard InChI is InChI=1S/C27H57N.H2O/c1-5-8-11-14-17-20-23-26(4)27(28,24-21-18-15-12-9-6-2)25-22-19-16-13-10-7-3;/h26H,5-25,28H2,1-4H3;1H2. The lowest BCUT2D eigenvalue weighted by molar-refractivity contribution is 0.220. The molecule has 178 valence electrons. The van der Waals surface area contributed by atoms with E-state index < -0.39 is 0 Å². The van der Waals surface area contributed by atoms with Crippen LogP contribution in [0.2, 0.25) is 0 Å². The van der Waals surface area contributed by atoms with Crippen LogP contribution >= 0.6 is 0 Å². The van der Waals surface area contributed by atoms with Gasteiger partial charge in [-0.25, -0.2) is 0 Å². The van der Waals surface area contributed by atoms with E-state index in [1.807, 2.05) is 0 Å². The van der Waals surface area contributed by atoms with Crippen LogP contribution in [0.3, 0.4) is 0 Å². The first-order chi connectivity index (χ1) is 13.6. The van der Waals surface area contributed by atoms with Crippen molar-refractivity contribution in [2.75, 3.05) is 0 Å². The largest absolute Gasteiger partial charge is 0.412 e. The Morgan fingerprint density at radius 1 is 0.517 bits per heavy atom. The average molecular weight is 414 g/mol. The molecule has 1 atom stereocenters. The minimum atomic E-state index is 0. The van der Waals surface area contributed by atoms with Crippen molar-refractivity contribution in [3.05, 3.63) is 0 Å². The van der Waals surface area contributed by atoms with Crippen LogP contribution in [-0.4, -0.2) is 11.0 Å². The van der Waals surface area contributed by atoms with Crippen molar-refractivity contribution in [1.82, 2.24) is 0 Å². The van der Waals surface area contributed by atoms with Gasteiger partial charge in [0.05, 0.1) is 0 Å². The van der Waals surface area contributed by atoms with Crippen LogP contribution in [0.25, 0.3) is 0 Å². The summed E-state index contributed by atoms with van der Waals surface area (Å²) in [4.78, 5) is 0. The van der Waals surface area contributed by atoms with Gasteiger partial charge in [-0.15, -0.1) is 0 Å². The van der Waals surface area contributed by atoms with Crippen molar-refractivity contribution in [1.29, 1.82) is 0 Å². The van der Waals surface area contributed by atoms with E-state index in [-0.39, 0.29) is 11.0 Å². The molecule has 0 rings (SSSR count). The highest BCUT2D eigenvalue weighted by Crippen LogP contribution is 2.31. The molecule has 0 aromatic rings. The molecule has 0 aliphatic rings. The first-order valence-electron chi connectivity index (χ1n) is 13.4. The highest BCUT2D eigenvalue weighted by atomic mass is 16.0. The molecule has 0 aromatic heterocycles. The van der Waals surface area contributed by atoms with Gasteiger partial charge in [0.1, 0.15) is 0 Å². The SMILES string of the molecule is CCCCCCCCC(C)C(N)(CCCCCCCC)CCCCCCCC.O. The van der Waals surface area contributed by atoms with Crippen LogP contribution in [0.4, 0.5) is 0 Å². The molecule has 29 heavy (non-hydrogen) atoms. The third-order valence-electron chi connectivity index (χ3n) is 6.96. The van der Waals surface area contributed by atoms with Gasteiger partial charge in [-0.1, -0.05) is 143 Å². The Morgan fingerprint density at radius 2 is 0.828 bits per heavy atom. The Morgan fingerprint density at radius 3 is 1.21 bits per heavy atom. The molecule has 0 saturated heterocycles. The van der Waals surface area contributed by atoms with E-state index in [9.17, 15) is 0 Å². The molecule has 0 spiro atoms. The zero-order valence-corrected chi connectivity index (χ0v) is 21.0. The van der Waals surface area contributed by atoms with Gasteiger partial charge in [0.2, 0.25) is 0 Å². The van der Waals surface area contributed by atoms with Gasteiger partial charge >= 0.3 is 0 Å². The molecule has 0 fully saturated rings. The molecule has 0 amide bonds. The predicted molar refractivity (Wildman–Crippen MR) is 134 cm³/mol. The number of hydrogen-bond donors (Lipinski definition) is 1. The fourth-order valence-corrected chi connectivity index (χ4v) is 4.61. The maximum absolute atomic E-state index is 7.09. The summed E-state index contributed by atoms with van der Waals surface area (Å²) in [5, 5.41) is 0. The molecule has 1 unspecified atom stereocenters. The van der Waals surface area contributed by atoms with Gasteiger partial charge in [-0.3, -0.25) is 0 Å². The third-order valence-corrected chi connectivity index (χ3v) is 6.96. The first kappa shape index (κ1) is 31.1. The van der Waals surface area contributed by atoms with Crippen LogP contribution in [-0.2, 0) is 0 Å². The van der Waals surface area contributed by atoms with Crippen LogP contribution in [0, 0.1) is 5.92 Å². The van der Waals surface area contributed by atoms with Crippen molar-refractivity contribution < 1.29 is 5.48 Å². The van der Waals surface area contributed by atoms with Crippen LogP contribution in [0.1, 0.15) is 163 Å². The van der Waals surface area contributed by atoms with Gasteiger partial charge in [-0.2, -0.15) is 0 Å². The van der Waals surface area contributed by atoms with Crippen LogP contribution < -0.4 is 5.73 Å². The van der Waals surface area contributed by atoms with Crippen molar-refractivity contribution in [2.24, 2.45) is 11.7 Å². The maximum Gasteiger partial charge on any atom is 0.0180 e. The number of nitrogens with two attached hydrogens (primary N) is 1. The highest BCUT2D eigenvalue weighted by Gasteiger charge is 2.30. The molecule has 0 bridgehead atoms. The van der Waals surface area contributed by atoms with Crippen molar-refractivity contribution >= 4 is 0 Å². The fourth-order valence-electron chi connectivity index (χ4n) is 4.61. The van der Waals surface area contributed by atoms with Crippen LogP contribution in [0.15, 0.2) is 0 Å². The summed E-state index contributed by atoms with van der Waals surface area (Å²) in [6.07, 6.45) is 28.9. The van der Waals surface area contributed by atoms with Crippen molar-refractivity contribution in [2.45, 2.75) is 168 Å². The molecule has 2 nitrogen and oxygen atoms in total. The summed E-state index contributed by atoms with van der Waals surface area (Å²) >= 11 is 0. The fraction of sp³-hybridized carbons (Fsp3) is 1.00. The van der Waals surface area contributed by atoms with Gasteiger partial charge in [0.25, 0.3) is 0 Å². The second-order valence-electron chi connectivity index (χ2n) is 9.73. The molecular formula is C27H59NO. The first-order valence-corrected chi connectivity index (χ1v) is 13.4. The Bertz CT molecular complexity index is 289. The van der Waals surface area contributed by atoms with Crippen LogP contribution in [0.5, 0.6) is 0 Å². The Labute approximate surface area is 185 Å². The predicted octanol–water partition coefficient (Wildman–Crippen LogP) is 8.75. The van der Waals surface area contributed by atoms with Gasteiger partial charge < -0.3 is 11.2 Å². The zero-order valence-electron chi connectivity index (χ0n) is 21.0. The number of unbranched alkanes of at least 4 members (excludes halogenated alkanes) is 15. The van der Waals surface area contributed by atoms with E-state index in [1.165, 1.54) is 135 Å². The zero-order chi connectivity index (χ0) is 20.9. The molecular weight excluding hydrogens is 354 g/mol. The van der Waals surface area contributed by atoms with Crippen molar-refractivity contribution in [3.8, 4) is 0 Å².